The van der Waals surface area contributed by atoms with Crippen molar-refractivity contribution in [1.29, 1.82) is 0 Å². The summed E-state index contributed by atoms with van der Waals surface area (Å²) in [5.41, 5.74) is 1.90. The first-order valence-corrected chi connectivity index (χ1v) is 7.86. The third kappa shape index (κ3) is 3.37. The molecule has 1 unspecified atom stereocenters. The summed E-state index contributed by atoms with van der Waals surface area (Å²) in [6.45, 7) is 4.88. The van der Waals surface area contributed by atoms with Crippen molar-refractivity contribution in [3.05, 3.63) is 42.2 Å². The lowest BCUT2D eigenvalue weighted by atomic mass is 10.2. The summed E-state index contributed by atoms with van der Waals surface area (Å²) in [5, 5.41) is 12.6. The number of rotatable bonds is 5. The average Bonchev–Trinajstić information content (AvgIpc) is 2.87. The molecule has 0 bridgehead atoms. The fraction of sp³-hybridized carbons (Fsp3) is 0.308. The molecular formula is C13H18N4O2S. The summed E-state index contributed by atoms with van der Waals surface area (Å²) in [6, 6.07) is 6.44. The van der Waals surface area contributed by atoms with Crippen molar-refractivity contribution < 1.29 is 8.42 Å². The predicted molar refractivity (Wildman–Crippen MR) is 77.8 cm³/mol. The number of aromatic nitrogens is 2. The van der Waals surface area contributed by atoms with E-state index in [1.165, 1.54) is 12.1 Å². The number of nitrogens with zero attached hydrogens (tertiary/aromatic N) is 2. The Morgan fingerprint density at radius 2 is 2.00 bits per heavy atom. The number of anilines is 1. The van der Waals surface area contributed by atoms with Crippen LogP contribution in [0.1, 0.15) is 25.5 Å². The van der Waals surface area contributed by atoms with Gasteiger partial charge in [0.05, 0.1) is 17.1 Å². The van der Waals surface area contributed by atoms with Gasteiger partial charge in [0, 0.05) is 24.0 Å². The van der Waals surface area contributed by atoms with Crippen molar-refractivity contribution in [2.45, 2.75) is 31.3 Å². The maximum Gasteiger partial charge on any atom is 0.238 e. The van der Waals surface area contributed by atoms with Crippen LogP contribution in [-0.2, 0) is 16.6 Å². The molecule has 0 aliphatic heterocycles. The van der Waals surface area contributed by atoms with Crippen LogP contribution in [0, 0.1) is 0 Å². The minimum absolute atomic E-state index is 0.0793. The Morgan fingerprint density at radius 3 is 2.50 bits per heavy atom. The van der Waals surface area contributed by atoms with Gasteiger partial charge >= 0.3 is 0 Å². The molecule has 6 nitrogen and oxygen atoms in total. The minimum atomic E-state index is -3.64. The van der Waals surface area contributed by atoms with Crippen molar-refractivity contribution >= 4 is 15.7 Å². The van der Waals surface area contributed by atoms with Crippen molar-refractivity contribution in [3.8, 4) is 0 Å². The van der Waals surface area contributed by atoms with Gasteiger partial charge < -0.3 is 5.32 Å². The van der Waals surface area contributed by atoms with Gasteiger partial charge in [0.2, 0.25) is 10.0 Å². The molecule has 0 saturated heterocycles. The van der Waals surface area contributed by atoms with Crippen LogP contribution in [0.25, 0.3) is 0 Å². The zero-order valence-corrected chi connectivity index (χ0v) is 12.3. The summed E-state index contributed by atoms with van der Waals surface area (Å²) >= 11 is 0. The van der Waals surface area contributed by atoms with Gasteiger partial charge in [-0.05, 0) is 38.1 Å². The molecule has 7 heteroatoms. The third-order valence-electron chi connectivity index (χ3n) is 3.04. The van der Waals surface area contributed by atoms with E-state index in [-0.39, 0.29) is 10.9 Å². The molecule has 0 amide bonds. The highest BCUT2D eigenvalue weighted by Gasteiger charge is 2.10. The van der Waals surface area contributed by atoms with Gasteiger partial charge in [-0.2, -0.15) is 5.10 Å². The molecule has 0 aliphatic rings. The molecule has 1 atom stereocenters. The average molecular weight is 294 g/mol. The molecule has 2 rings (SSSR count). The monoisotopic (exact) mass is 294 g/mol. The second-order valence-corrected chi connectivity index (χ2v) is 6.13. The summed E-state index contributed by atoms with van der Waals surface area (Å²) in [7, 11) is -3.64. The van der Waals surface area contributed by atoms with E-state index in [1.807, 2.05) is 30.9 Å². The van der Waals surface area contributed by atoms with E-state index in [2.05, 4.69) is 10.4 Å². The van der Waals surface area contributed by atoms with Crippen LogP contribution in [0.2, 0.25) is 0 Å². The largest absolute Gasteiger partial charge is 0.378 e. The Kier molecular flexibility index (Phi) is 4.10. The van der Waals surface area contributed by atoms with E-state index in [4.69, 9.17) is 5.14 Å². The summed E-state index contributed by atoms with van der Waals surface area (Å²) < 4.78 is 24.2. The molecule has 1 heterocycles. The second-order valence-electron chi connectivity index (χ2n) is 4.56. The quantitative estimate of drug-likeness (QED) is 0.878. The molecule has 0 aliphatic carbocycles. The highest BCUT2D eigenvalue weighted by atomic mass is 32.2. The Morgan fingerprint density at radius 1 is 1.35 bits per heavy atom. The van der Waals surface area contributed by atoms with E-state index < -0.39 is 10.0 Å². The van der Waals surface area contributed by atoms with E-state index in [9.17, 15) is 8.42 Å². The molecule has 1 aromatic carbocycles. The van der Waals surface area contributed by atoms with E-state index >= 15 is 0 Å². The summed E-state index contributed by atoms with van der Waals surface area (Å²) in [5.74, 6) is 0. The van der Waals surface area contributed by atoms with Crippen molar-refractivity contribution in [2.75, 3.05) is 5.32 Å². The second kappa shape index (κ2) is 5.64. The van der Waals surface area contributed by atoms with Gasteiger partial charge in [-0.25, -0.2) is 13.6 Å². The Hall–Kier alpha value is -1.86. The first kappa shape index (κ1) is 14.5. The number of hydrogen-bond acceptors (Lipinski definition) is 4. The fourth-order valence-corrected chi connectivity index (χ4v) is 2.37. The number of sulfonamides is 1. The maximum absolute atomic E-state index is 11.2. The molecule has 0 spiro atoms. The summed E-state index contributed by atoms with van der Waals surface area (Å²) in [6.07, 6.45) is 3.80. The molecule has 2 aromatic rings. The normalized spacial score (nSPS) is 13.2. The molecule has 20 heavy (non-hydrogen) atoms. The molecule has 0 fully saturated rings. The van der Waals surface area contributed by atoms with Crippen molar-refractivity contribution in [3.63, 3.8) is 0 Å². The molecule has 0 saturated carbocycles. The van der Waals surface area contributed by atoms with Crippen molar-refractivity contribution in [1.82, 2.24) is 9.78 Å². The lowest BCUT2D eigenvalue weighted by Gasteiger charge is -2.13. The molecule has 0 radical (unpaired) electrons. The summed E-state index contributed by atoms with van der Waals surface area (Å²) in [4.78, 5) is 0.106. The van der Waals surface area contributed by atoms with Crippen LogP contribution in [0.5, 0.6) is 0 Å². The third-order valence-corrected chi connectivity index (χ3v) is 3.97. The number of nitrogens with one attached hydrogen (secondary N) is 1. The lowest BCUT2D eigenvalue weighted by Crippen LogP contribution is -2.12. The van der Waals surface area contributed by atoms with Gasteiger partial charge in [-0.15, -0.1) is 0 Å². The Labute approximate surface area is 118 Å². The molecule has 1 aromatic heterocycles. The predicted octanol–water partition coefficient (Wildman–Crippen LogP) is 1.72. The van der Waals surface area contributed by atoms with Gasteiger partial charge in [-0.3, -0.25) is 4.68 Å². The van der Waals surface area contributed by atoms with Crippen LogP contribution in [-0.4, -0.2) is 18.2 Å². The Bertz CT molecular complexity index is 677. The van der Waals surface area contributed by atoms with Crippen LogP contribution in [0.4, 0.5) is 5.69 Å². The van der Waals surface area contributed by atoms with Gasteiger partial charge in [0.1, 0.15) is 0 Å². The van der Waals surface area contributed by atoms with Crippen molar-refractivity contribution in [2.24, 2.45) is 5.14 Å². The van der Waals surface area contributed by atoms with Gasteiger partial charge in [0.25, 0.3) is 0 Å². The Balaban J connectivity index is 2.10. The van der Waals surface area contributed by atoms with Gasteiger partial charge in [0.15, 0.2) is 0 Å². The van der Waals surface area contributed by atoms with E-state index in [0.717, 1.165) is 17.8 Å². The van der Waals surface area contributed by atoms with Crippen LogP contribution in [0.15, 0.2) is 41.6 Å². The number of benzene rings is 1. The smallest absolute Gasteiger partial charge is 0.238 e. The lowest BCUT2D eigenvalue weighted by molar-refractivity contribution is 0.598. The fourth-order valence-electron chi connectivity index (χ4n) is 1.85. The zero-order valence-electron chi connectivity index (χ0n) is 11.4. The topological polar surface area (TPSA) is 90.0 Å². The SMILES string of the molecule is CCn1cc(C(C)Nc2ccc(S(N)(=O)=O)cc2)cn1. The number of hydrogen-bond donors (Lipinski definition) is 2. The van der Waals surface area contributed by atoms with E-state index in [0.29, 0.717) is 0 Å². The standard InChI is InChI=1S/C13H18N4O2S/c1-3-17-9-11(8-15-17)10(2)16-12-4-6-13(7-5-12)20(14,18)19/h4-10,16H,3H2,1-2H3,(H2,14,18,19). The molecule has 3 N–H and O–H groups in total. The number of primary sulfonamides is 1. The van der Waals surface area contributed by atoms with Crippen LogP contribution < -0.4 is 10.5 Å². The minimum Gasteiger partial charge on any atom is -0.378 e. The highest BCUT2D eigenvalue weighted by molar-refractivity contribution is 7.89. The first-order chi connectivity index (χ1) is 9.40. The maximum atomic E-state index is 11.2. The first-order valence-electron chi connectivity index (χ1n) is 6.32. The number of aryl methyl sites for hydroxylation is 1. The molecular weight excluding hydrogens is 276 g/mol. The van der Waals surface area contributed by atoms with E-state index in [1.54, 1.807) is 12.1 Å². The molecule has 108 valence electrons. The highest BCUT2D eigenvalue weighted by Crippen LogP contribution is 2.20. The zero-order chi connectivity index (χ0) is 14.8. The number of nitrogens with two attached hydrogens (primary N) is 1. The van der Waals surface area contributed by atoms with Crippen LogP contribution >= 0.6 is 0 Å². The van der Waals surface area contributed by atoms with Gasteiger partial charge in [-0.1, -0.05) is 0 Å². The van der Waals surface area contributed by atoms with Crippen LogP contribution in [0.3, 0.4) is 0 Å².